The molecule has 0 fully saturated rings. The van der Waals surface area contributed by atoms with Crippen LogP contribution in [0.25, 0.3) is 207 Å². The first-order chi connectivity index (χ1) is 73.4. The van der Waals surface area contributed by atoms with Gasteiger partial charge in [-0.2, -0.15) is 0 Å². The molecule has 0 unspecified atom stereocenters. The molecule has 16 heteroatoms. The first-order valence-corrected chi connectivity index (χ1v) is 49.2. The third-order valence-electron chi connectivity index (χ3n) is 27.3. The van der Waals surface area contributed by atoms with E-state index in [1.54, 1.807) is 0 Å². The van der Waals surface area contributed by atoms with Crippen molar-refractivity contribution in [2.24, 2.45) is 0 Å². The van der Waals surface area contributed by atoms with E-state index in [-0.39, 0.29) is 0 Å². The molecule has 5 aromatic heterocycles. The van der Waals surface area contributed by atoms with Crippen molar-refractivity contribution in [3.05, 3.63) is 522 Å². The number of nitrogens with zero attached hydrogens (tertiary/aromatic N) is 12. The highest BCUT2D eigenvalue weighted by Crippen LogP contribution is 2.54. The molecular weight excluding hydrogens is 1820 g/mol. The zero-order chi connectivity index (χ0) is 98.2. The molecule has 0 saturated heterocycles. The molecule has 0 atom stereocenters. The summed E-state index contributed by atoms with van der Waals surface area (Å²) in [6, 6.07) is 181. The van der Waals surface area contributed by atoms with Crippen molar-refractivity contribution >= 4 is 116 Å². The third kappa shape index (κ3) is 16.6. The van der Waals surface area contributed by atoms with Gasteiger partial charge in [0.15, 0.2) is 0 Å². The van der Waals surface area contributed by atoms with Crippen molar-refractivity contribution in [2.45, 2.75) is 0 Å². The lowest BCUT2D eigenvalue weighted by Gasteiger charge is -2.30. The highest BCUT2D eigenvalue weighted by molar-refractivity contribution is 6.26. The molecule has 0 aliphatic carbocycles. The van der Waals surface area contributed by atoms with Crippen molar-refractivity contribution in [3.8, 4) is 142 Å². The van der Waals surface area contributed by atoms with Gasteiger partial charge in [0.2, 0.25) is 47.1 Å². The van der Waals surface area contributed by atoms with Gasteiger partial charge in [-0.3, -0.25) is 0 Å². The minimum atomic E-state index is 0.440. The minimum Gasteiger partial charge on any atom is -0.416 e. The first kappa shape index (κ1) is 87.9. The number of rotatable bonds is 22. The van der Waals surface area contributed by atoms with Gasteiger partial charge in [-0.25, -0.2) is 0 Å². The van der Waals surface area contributed by atoms with Gasteiger partial charge < -0.3 is 36.9 Å². The minimum absolute atomic E-state index is 0.440. The molecule has 5 heterocycles. The van der Waals surface area contributed by atoms with E-state index in [9.17, 15) is 0 Å². The zero-order valence-electron chi connectivity index (χ0n) is 79.7. The average Bonchev–Trinajstić information content (AvgIpc) is 0.907. The van der Waals surface area contributed by atoms with E-state index in [2.05, 4.69) is 436 Å². The smallest absolute Gasteiger partial charge is 0.248 e. The number of para-hydroxylation sites is 6. The van der Waals surface area contributed by atoms with Crippen LogP contribution < -0.4 is 14.7 Å². The molecule has 0 bridgehead atoms. The van der Waals surface area contributed by atoms with E-state index in [1.165, 1.54) is 10.8 Å². The quantitative estimate of drug-likeness (QED) is 0.0587. The first-order valence-electron chi connectivity index (χ1n) is 49.2. The van der Waals surface area contributed by atoms with Gasteiger partial charge in [0.25, 0.3) is 0 Å². The van der Waals surface area contributed by atoms with Crippen LogP contribution in [0.15, 0.2) is 539 Å². The third-order valence-corrected chi connectivity index (χ3v) is 27.3. The van der Waals surface area contributed by atoms with Crippen LogP contribution in [0, 0.1) is 0 Å². The normalized spacial score (nSPS) is 11.4. The molecule has 0 aliphatic rings. The van der Waals surface area contributed by atoms with E-state index in [1.807, 2.05) is 146 Å². The summed E-state index contributed by atoms with van der Waals surface area (Å²) in [6.45, 7) is 0. The van der Waals surface area contributed by atoms with Crippen LogP contribution in [0.5, 0.6) is 0 Å². The Balaban J connectivity index is 0.000000150. The van der Waals surface area contributed by atoms with Crippen LogP contribution in [0.3, 0.4) is 0 Å². The van der Waals surface area contributed by atoms with Gasteiger partial charge in [0.1, 0.15) is 0 Å². The van der Waals surface area contributed by atoms with Crippen LogP contribution in [0.4, 0.5) is 51.2 Å². The molecule has 0 N–H and O–H groups in total. The Labute approximate surface area is 851 Å². The van der Waals surface area contributed by atoms with Gasteiger partial charge in [0.05, 0.1) is 16.7 Å². The topological polar surface area (TPSA) is 170 Å². The van der Waals surface area contributed by atoms with Gasteiger partial charge in [0, 0.05) is 112 Å². The molecule has 0 spiro atoms. The summed E-state index contributed by atoms with van der Waals surface area (Å²) >= 11 is 0. The second-order valence-corrected chi connectivity index (χ2v) is 36.2. The molecular formula is C132H86N12O4. The van der Waals surface area contributed by atoms with Crippen molar-refractivity contribution in [2.75, 3.05) is 14.7 Å². The number of benzene rings is 22. The van der Waals surface area contributed by atoms with E-state index < -0.39 is 0 Å². The Morgan fingerprint density at radius 1 is 0.149 bits per heavy atom. The Hall–Kier alpha value is -20.4. The van der Waals surface area contributed by atoms with Gasteiger partial charge in [-0.1, -0.05) is 297 Å². The monoisotopic (exact) mass is 1900 g/mol. The largest absolute Gasteiger partial charge is 0.416 e. The molecule has 16 nitrogen and oxygen atoms in total. The number of fused-ring (bicyclic) bond motifs is 7. The Morgan fingerprint density at radius 3 is 0.791 bits per heavy atom. The molecule has 27 aromatic rings. The highest BCUT2D eigenvalue weighted by Gasteiger charge is 2.29. The van der Waals surface area contributed by atoms with Crippen LogP contribution in [-0.4, -0.2) is 45.4 Å². The zero-order valence-corrected chi connectivity index (χ0v) is 79.7. The number of aromatic nitrogens is 9. The van der Waals surface area contributed by atoms with Gasteiger partial charge in [-0.05, 0) is 307 Å². The van der Waals surface area contributed by atoms with Gasteiger partial charge >= 0.3 is 0 Å². The Bertz CT molecular complexity index is 9510. The van der Waals surface area contributed by atoms with Crippen molar-refractivity contribution in [3.63, 3.8) is 0 Å². The lowest BCUT2D eigenvalue weighted by Crippen LogP contribution is -2.12. The summed E-state index contributed by atoms with van der Waals surface area (Å²) in [6.07, 6.45) is 0. The van der Waals surface area contributed by atoms with Crippen LogP contribution >= 0.6 is 0 Å². The summed E-state index contributed by atoms with van der Waals surface area (Å²) < 4.78 is 27.8. The predicted octanol–water partition coefficient (Wildman–Crippen LogP) is 35.0. The summed E-state index contributed by atoms with van der Waals surface area (Å²) in [5, 5.41) is 47.0. The Morgan fingerprint density at radius 2 is 0.392 bits per heavy atom. The molecule has 0 amide bonds. The summed E-state index contributed by atoms with van der Waals surface area (Å²) in [5.41, 5.74) is 27.8. The van der Waals surface area contributed by atoms with E-state index >= 15 is 0 Å². The number of anilines is 9. The second-order valence-electron chi connectivity index (χ2n) is 36.2. The Kier molecular flexibility index (Phi) is 22.9. The van der Waals surface area contributed by atoms with Crippen LogP contribution in [0.1, 0.15) is 0 Å². The molecule has 27 rings (SSSR count). The molecule has 0 aliphatic heterocycles. The summed E-state index contributed by atoms with van der Waals surface area (Å²) in [7, 11) is 0. The fourth-order valence-electron chi connectivity index (χ4n) is 20.7. The molecule has 148 heavy (non-hydrogen) atoms. The van der Waals surface area contributed by atoms with Gasteiger partial charge in [-0.15, -0.1) is 40.8 Å². The lowest BCUT2D eigenvalue weighted by molar-refractivity contribution is 0.584. The second kappa shape index (κ2) is 38.6. The predicted molar refractivity (Wildman–Crippen MR) is 598 cm³/mol. The fraction of sp³-hybridized carbons (Fsp3) is 0. The van der Waals surface area contributed by atoms with Crippen molar-refractivity contribution in [1.29, 1.82) is 0 Å². The van der Waals surface area contributed by atoms with Crippen molar-refractivity contribution in [1.82, 2.24) is 45.4 Å². The van der Waals surface area contributed by atoms with E-state index in [0.29, 0.717) is 47.1 Å². The summed E-state index contributed by atoms with van der Waals surface area (Å²) in [5.74, 6) is 3.67. The number of hydrogen-bond acceptors (Lipinski definition) is 15. The van der Waals surface area contributed by atoms with Crippen LogP contribution in [0.2, 0.25) is 0 Å². The molecule has 22 aromatic carbocycles. The maximum absolute atomic E-state index is 6.38. The maximum atomic E-state index is 6.38. The highest BCUT2D eigenvalue weighted by atomic mass is 16.4. The molecule has 0 radical (unpaired) electrons. The van der Waals surface area contributed by atoms with E-state index in [4.69, 9.17) is 17.7 Å². The van der Waals surface area contributed by atoms with Crippen LogP contribution in [-0.2, 0) is 0 Å². The average molecular weight is 1900 g/mol. The molecule has 698 valence electrons. The maximum Gasteiger partial charge on any atom is 0.248 e. The van der Waals surface area contributed by atoms with E-state index in [0.717, 1.165) is 200 Å². The summed E-state index contributed by atoms with van der Waals surface area (Å²) in [4.78, 5) is 7.03. The SMILES string of the molecule is c1ccc(-c2nnc(-c3cccc(-c4c5ccccc5c(-c5cccc(-c6nnc(-c7ccccc7)o6)c5)c5c(N(c6ccccc6)c6ccc(N(c7ccccc7)c7ccccc7)cc6)cccc45)c3)o2)cc1.c1ccc(-c2nnc(-c3cccc(-c4c5ccccc5c(-c5cccc(-c6nnc(-c7ccccc7)o6)c5)c5cc(N(c6ccccc6)c6ccc7c(c6)c6ccccc6n7-c6ccccc6)ccc45)c3)o2)cc1. The fourth-order valence-corrected chi connectivity index (χ4v) is 20.7. The van der Waals surface area contributed by atoms with Crippen molar-refractivity contribution < 1.29 is 17.7 Å². The lowest BCUT2D eigenvalue weighted by atomic mass is 9.84. The number of hydrogen-bond donors (Lipinski definition) is 0. The standard InChI is InChI=1S/C66H42N6O2.C66H44N6O2/c1-5-19-43(20-6-1)63-67-69-65(73-63)47-25-17-23-45(39-47)61-54-32-13-14-33-55(54)62(46-24-18-26-48(40-46)66-70-68-64(74-66)44-21-7-2-8-22-44)58-42-51(35-37-56(58)61)71(49-27-9-3-10-28-49)52-36-38-60-57(41-52)53-31-15-16-34-59(53)72(60)50-29-11-4-12-30-50;1-6-21-45(22-7-1)63-67-69-65(73-63)49-27-18-25-47(43-49)60-56-35-16-17-36-57(56)61(48-26-19-28-50(44-48)66-70-68-64(74-66)46-23-8-2-9-24-46)62-58(60)37-20-38-59(62)72(53-33-14-5-15-34-53)55-41-39-54(40-42-55)71(51-29-10-3-11-30-51)52-31-12-4-13-32-52/h1-42H;1-44H. The molecule has 0 saturated carbocycles.